The number of rotatable bonds is 5. The third-order valence-corrected chi connectivity index (χ3v) is 5.12. The lowest BCUT2D eigenvalue weighted by Crippen LogP contribution is -2.21. The lowest BCUT2D eigenvalue weighted by atomic mass is 10.1. The molecule has 0 aliphatic carbocycles. The number of ether oxygens (including phenoxy) is 1. The van der Waals surface area contributed by atoms with E-state index in [4.69, 9.17) is 16.3 Å². The number of amides is 2. The largest absolute Gasteiger partial charge is 0.465 e. The van der Waals surface area contributed by atoms with Gasteiger partial charge in [-0.15, -0.1) is 11.3 Å². The molecule has 2 aromatic rings. The molecule has 0 fully saturated rings. The molecule has 142 valence electrons. The van der Waals surface area contributed by atoms with Crippen LogP contribution in [-0.4, -0.2) is 43.9 Å². The van der Waals surface area contributed by atoms with Crippen molar-refractivity contribution in [2.45, 2.75) is 6.92 Å². The van der Waals surface area contributed by atoms with Gasteiger partial charge in [0.2, 0.25) is 5.91 Å². The van der Waals surface area contributed by atoms with Crippen LogP contribution in [-0.2, 0) is 9.53 Å². The van der Waals surface area contributed by atoms with Crippen molar-refractivity contribution in [2.24, 2.45) is 0 Å². The van der Waals surface area contributed by atoms with Crippen LogP contribution in [0.25, 0.3) is 6.08 Å². The highest BCUT2D eigenvalue weighted by molar-refractivity contribution is 7.18. The van der Waals surface area contributed by atoms with Gasteiger partial charge in [-0.05, 0) is 36.3 Å². The van der Waals surface area contributed by atoms with Gasteiger partial charge in [0, 0.05) is 25.2 Å². The summed E-state index contributed by atoms with van der Waals surface area (Å²) in [5, 5.41) is 3.53. The van der Waals surface area contributed by atoms with Gasteiger partial charge >= 0.3 is 5.97 Å². The number of anilines is 1. The van der Waals surface area contributed by atoms with Gasteiger partial charge in [-0.1, -0.05) is 23.7 Å². The Labute approximate surface area is 166 Å². The molecule has 6 nitrogen and oxygen atoms in total. The standard InChI is InChI=1S/C19H19ClN2O4S/c1-11-15(19(25)26-4)17(27-16(11)18(24)22(2)3)21-14(23)10-7-12-5-8-13(20)9-6-12/h5-10H,1-4H3,(H,21,23)/b10-7+. The van der Waals surface area contributed by atoms with Crippen LogP contribution < -0.4 is 5.32 Å². The fraction of sp³-hybridized carbons (Fsp3) is 0.211. The summed E-state index contributed by atoms with van der Waals surface area (Å²) < 4.78 is 4.79. The van der Waals surface area contributed by atoms with Gasteiger partial charge in [-0.2, -0.15) is 0 Å². The molecule has 1 aromatic carbocycles. The summed E-state index contributed by atoms with van der Waals surface area (Å²) in [4.78, 5) is 38.5. The fourth-order valence-electron chi connectivity index (χ4n) is 2.26. The highest BCUT2D eigenvalue weighted by atomic mass is 35.5. The van der Waals surface area contributed by atoms with Crippen molar-refractivity contribution in [3.8, 4) is 0 Å². The number of hydrogen-bond acceptors (Lipinski definition) is 5. The molecule has 2 rings (SSSR count). The molecule has 1 aromatic heterocycles. The molecule has 0 saturated heterocycles. The van der Waals surface area contributed by atoms with E-state index in [0.717, 1.165) is 16.9 Å². The zero-order chi connectivity index (χ0) is 20.1. The Bertz CT molecular complexity index is 901. The van der Waals surface area contributed by atoms with E-state index in [1.807, 2.05) is 0 Å². The van der Waals surface area contributed by atoms with Crippen molar-refractivity contribution in [3.63, 3.8) is 0 Å². The summed E-state index contributed by atoms with van der Waals surface area (Å²) in [7, 11) is 4.48. The Morgan fingerprint density at radius 3 is 2.37 bits per heavy atom. The molecule has 27 heavy (non-hydrogen) atoms. The van der Waals surface area contributed by atoms with Gasteiger partial charge in [0.15, 0.2) is 0 Å². The molecule has 0 bridgehead atoms. The number of carbonyl (C=O) groups is 3. The molecule has 0 atom stereocenters. The van der Waals surface area contributed by atoms with E-state index in [1.54, 1.807) is 51.4 Å². The molecule has 0 unspecified atom stereocenters. The van der Waals surface area contributed by atoms with Crippen LogP contribution in [0, 0.1) is 6.92 Å². The van der Waals surface area contributed by atoms with Crippen molar-refractivity contribution >= 4 is 51.8 Å². The molecule has 0 radical (unpaired) electrons. The molecular formula is C19H19ClN2O4S. The number of methoxy groups -OCH3 is 1. The van der Waals surface area contributed by atoms with E-state index in [1.165, 1.54) is 18.1 Å². The van der Waals surface area contributed by atoms with E-state index < -0.39 is 11.9 Å². The summed E-state index contributed by atoms with van der Waals surface area (Å²) in [6, 6.07) is 6.98. The zero-order valence-corrected chi connectivity index (χ0v) is 16.9. The number of nitrogens with zero attached hydrogens (tertiary/aromatic N) is 1. The molecule has 8 heteroatoms. The number of hydrogen-bond donors (Lipinski definition) is 1. The summed E-state index contributed by atoms with van der Waals surface area (Å²) in [5.41, 5.74) is 1.46. The maximum absolute atomic E-state index is 12.3. The second-order valence-electron chi connectivity index (χ2n) is 5.83. The minimum Gasteiger partial charge on any atom is -0.465 e. The van der Waals surface area contributed by atoms with Gasteiger partial charge in [0.1, 0.15) is 5.00 Å². The van der Waals surface area contributed by atoms with Crippen LogP contribution in [0.4, 0.5) is 5.00 Å². The van der Waals surface area contributed by atoms with Crippen molar-refractivity contribution in [1.29, 1.82) is 0 Å². The Balaban J connectivity index is 2.29. The first-order chi connectivity index (χ1) is 12.7. The Morgan fingerprint density at radius 2 is 1.81 bits per heavy atom. The summed E-state index contributed by atoms with van der Waals surface area (Å²) >= 11 is 6.87. The van der Waals surface area contributed by atoms with Crippen LogP contribution in [0.2, 0.25) is 5.02 Å². The maximum atomic E-state index is 12.3. The average Bonchev–Trinajstić information content (AvgIpc) is 2.95. The van der Waals surface area contributed by atoms with Crippen LogP contribution >= 0.6 is 22.9 Å². The third kappa shape index (κ3) is 4.96. The minimum atomic E-state index is -0.612. The lowest BCUT2D eigenvalue weighted by molar-refractivity contribution is -0.111. The number of halogens is 1. The summed E-state index contributed by atoms with van der Waals surface area (Å²) in [5.74, 6) is -1.29. The van der Waals surface area contributed by atoms with E-state index in [0.29, 0.717) is 15.5 Å². The number of carbonyl (C=O) groups excluding carboxylic acids is 3. The van der Waals surface area contributed by atoms with Gasteiger partial charge in [-0.25, -0.2) is 4.79 Å². The fourth-order valence-corrected chi connectivity index (χ4v) is 3.60. The van der Waals surface area contributed by atoms with Crippen molar-refractivity contribution < 1.29 is 19.1 Å². The smallest absolute Gasteiger partial charge is 0.341 e. The van der Waals surface area contributed by atoms with Crippen LogP contribution in [0.5, 0.6) is 0 Å². The third-order valence-electron chi connectivity index (χ3n) is 3.67. The Morgan fingerprint density at radius 1 is 1.19 bits per heavy atom. The first-order valence-electron chi connectivity index (χ1n) is 7.92. The van der Waals surface area contributed by atoms with E-state index in [2.05, 4.69) is 5.32 Å². The lowest BCUT2D eigenvalue weighted by Gasteiger charge is -2.08. The van der Waals surface area contributed by atoms with Crippen molar-refractivity contribution in [2.75, 3.05) is 26.5 Å². The van der Waals surface area contributed by atoms with Gasteiger partial charge in [0.25, 0.3) is 5.91 Å². The molecule has 2 amide bonds. The van der Waals surface area contributed by atoms with Gasteiger partial charge < -0.3 is 15.0 Å². The normalized spacial score (nSPS) is 10.7. The second-order valence-corrected chi connectivity index (χ2v) is 7.28. The number of esters is 1. The molecule has 1 N–H and O–H groups in total. The van der Waals surface area contributed by atoms with Crippen molar-refractivity contribution in [3.05, 3.63) is 56.9 Å². The number of thiophene rings is 1. The summed E-state index contributed by atoms with van der Waals surface area (Å²) in [6.07, 6.45) is 2.96. The van der Waals surface area contributed by atoms with E-state index in [9.17, 15) is 14.4 Å². The Hall–Kier alpha value is -2.64. The predicted molar refractivity (Wildman–Crippen MR) is 108 cm³/mol. The molecule has 0 aliphatic heterocycles. The van der Waals surface area contributed by atoms with E-state index in [-0.39, 0.29) is 16.5 Å². The molecule has 0 aliphatic rings. The molecular weight excluding hydrogens is 388 g/mol. The van der Waals surface area contributed by atoms with Gasteiger partial charge in [-0.3, -0.25) is 9.59 Å². The molecule has 0 saturated carbocycles. The molecule has 1 heterocycles. The van der Waals surface area contributed by atoms with Crippen LogP contribution in [0.1, 0.15) is 31.2 Å². The first kappa shape index (κ1) is 20.7. The Kier molecular flexibility index (Phi) is 6.76. The van der Waals surface area contributed by atoms with Gasteiger partial charge in [0.05, 0.1) is 17.6 Å². The SMILES string of the molecule is COC(=O)c1c(NC(=O)/C=C/c2ccc(Cl)cc2)sc(C(=O)N(C)C)c1C. The second kappa shape index (κ2) is 8.83. The van der Waals surface area contributed by atoms with E-state index >= 15 is 0 Å². The minimum absolute atomic E-state index is 0.181. The molecule has 0 spiro atoms. The quantitative estimate of drug-likeness (QED) is 0.604. The number of nitrogens with one attached hydrogen (secondary N) is 1. The first-order valence-corrected chi connectivity index (χ1v) is 9.12. The van der Waals surface area contributed by atoms with Crippen LogP contribution in [0.3, 0.4) is 0 Å². The maximum Gasteiger partial charge on any atom is 0.341 e. The van der Waals surface area contributed by atoms with Crippen molar-refractivity contribution in [1.82, 2.24) is 4.90 Å². The highest BCUT2D eigenvalue weighted by Crippen LogP contribution is 2.34. The predicted octanol–water partition coefficient (Wildman–Crippen LogP) is 3.85. The average molecular weight is 407 g/mol. The topological polar surface area (TPSA) is 75.7 Å². The summed E-state index contributed by atoms with van der Waals surface area (Å²) in [6.45, 7) is 1.65. The highest BCUT2D eigenvalue weighted by Gasteiger charge is 2.26. The van der Waals surface area contributed by atoms with Crippen LogP contribution in [0.15, 0.2) is 30.3 Å². The number of benzene rings is 1. The monoisotopic (exact) mass is 406 g/mol. The zero-order valence-electron chi connectivity index (χ0n) is 15.3.